The van der Waals surface area contributed by atoms with Crippen molar-refractivity contribution < 1.29 is 4.79 Å². The maximum atomic E-state index is 11.7. The Kier molecular flexibility index (Phi) is 2.82. The van der Waals surface area contributed by atoms with Crippen molar-refractivity contribution in [2.75, 3.05) is 11.1 Å². The van der Waals surface area contributed by atoms with Crippen molar-refractivity contribution in [2.24, 2.45) is 0 Å². The van der Waals surface area contributed by atoms with Gasteiger partial charge in [0.2, 0.25) is 0 Å². The second-order valence-corrected chi connectivity index (χ2v) is 3.30. The van der Waals surface area contributed by atoms with Gasteiger partial charge in [0.05, 0.1) is 11.9 Å². The first-order valence-electron chi connectivity index (χ1n) is 4.83. The average molecular weight is 213 g/mol. The van der Waals surface area contributed by atoms with Crippen LogP contribution in [0.25, 0.3) is 0 Å². The Morgan fingerprint density at radius 2 is 1.88 bits per heavy atom. The summed E-state index contributed by atoms with van der Waals surface area (Å²) in [6.07, 6.45) is 1.50. The van der Waals surface area contributed by atoms with Gasteiger partial charge in [0.25, 0.3) is 5.91 Å². The van der Waals surface area contributed by atoms with Gasteiger partial charge in [-0.15, -0.1) is 0 Å². The number of anilines is 2. The minimum absolute atomic E-state index is 0.183. The zero-order valence-corrected chi connectivity index (χ0v) is 8.55. The van der Waals surface area contributed by atoms with Crippen LogP contribution in [0.5, 0.6) is 0 Å². The van der Waals surface area contributed by atoms with Crippen molar-refractivity contribution >= 4 is 17.4 Å². The summed E-state index contributed by atoms with van der Waals surface area (Å²) in [5.41, 5.74) is 6.66. The molecule has 0 bridgehead atoms. The number of nitrogens with two attached hydrogens (primary N) is 1. The lowest BCUT2D eigenvalue weighted by molar-refractivity contribution is 0.102. The van der Waals surface area contributed by atoms with Gasteiger partial charge in [0, 0.05) is 5.56 Å². The highest BCUT2D eigenvalue weighted by molar-refractivity contribution is 6.03. The molecule has 1 aromatic heterocycles. The largest absolute Gasteiger partial charge is 0.397 e. The van der Waals surface area contributed by atoms with Crippen molar-refractivity contribution in [3.8, 4) is 0 Å². The zero-order chi connectivity index (χ0) is 11.4. The van der Waals surface area contributed by atoms with E-state index in [1.54, 1.807) is 24.3 Å². The number of nitrogens with one attached hydrogen (secondary N) is 1. The Labute approximate surface area is 93.1 Å². The second kappa shape index (κ2) is 4.44. The number of nitrogens with zero attached hydrogens (tertiary/aromatic N) is 1. The molecule has 0 aliphatic rings. The second-order valence-electron chi connectivity index (χ2n) is 3.30. The molecule has 16 heavy (non-hydrogen) atoms. The highest BCUT2D eigenvalue weighted by Crippen LogP contribution is 2.08. The first-order chi connectivity index (χ1) is 7.75. The zero-order valence-electron chi connectivity index (χ0n) is 8.55. The Morgan fingerprint density at radius 1 is 1.12 bits per heavy atom. The van der Waals surface area contributed by atoms with E-state index in [9.17, 15) is 4.79 Å². The van der Waals surface area contributed by atoms with Crippen LogP contribution in [0.1, 0.15) is 10.4 Å². The third-order valence-electron chi connectivity index (χ3n) is 2.06. The van der Waals surface area contributed by atoms with E-state index in [4.69, 9.17) is 5.73 Å². The summed E-state index contributed by atoms with van der Waals surface area (Å²) in [5, 5.41) is 2.68. The van der Waals surface area contributed by atoms with Gasteiger partial charge in [0.15, 0.2) is 0 Å². The van der Waals surface area contributed by atoms with E-state index in [-0.39, 0.29) is 5.91 Å². The van der Waals surface area contributed by atoms with E-state index in [0.717, 1.165) is 0 Å². The summed E-state index contributed by atoms with van der Waals surface area (Å²) in [4.78, 5) is 15.7. The molecule has 2 aromatic rings. The molecular weight excluding hydrogens is 202 g/mol. The van der Waals surface area contributed by atoms with Crippen LogP contribution in [-0.2, 0) is 0 Å². The number of carbonyl (C=O) groups excluding carboxylic acids is 1. The van der Waals surface area contributed by atoms with Crippen LogP contribution < -0.4 is 11.1 Å². The van der Waals surface area contributed by atoms with Gasteiger partial charge in [0.1, 0.15) is 5.82 Å². The van der Waals surface area contributed by atoms with E-state index in [2.05, 4.69) is 10.3 Å². The number of aromatic nitrogens is 1. The van der Waals surface area contributed by atoms with E-state index >= 15 is 0 Å². The third kappa shape index (κ3) is 2.36. The van der Waals surface area contributed by atoms with Crippen molar-refractivity contribution in [1.82, 2.24) is 4.98 Å². The molecule has 0 unspecified atom stereocenters. The number of hydrogen-bond donors (Lipinski definition) is 2. The van der Waals surface area contributed by atoms with Gasteiger partial charge in [-0.25, -0.2) is 4.98 Å². The van der Waals surface area contributed by atoms with Crippen LogP contribution in [0.15, 0.2) is 48.7 Å². The molecule has 0 saturated heterocycles. The highest BCUT2D eigenvalue weighted by Gasteiger charge is 2.04. The molecule has 2 rings (SSSR count). The summed E-state index contributed by atoms with van der Waals surface area (Å²) < 4.78 is 0. The van der Waals surface area contributed by atoms with Gasteiger partial charge in [-0.1, -0.05) is 18.2 Å². The smallest absolute Gasteiger partial charge is 0.256 e. The predicted octanol–water partition coefficient (Wildman–Crippen LogP) is 1.92. The molecule has 4 nitrogen and oxygen atoms in total. The number of rotatable bonds is 2. The van der Waals surface area contributed by atoms with Crippen LogP contribution in [0.3, 0.4) is 0 Å². The monoisotopic (exact) mass is 213 g/mol. The SMILES string of the molecule is Nc1ccc(NC(=O)c2ccccc2)nc1. The third-order valence-corrected chi connectivity index (χ3v) is 2.06. The average Bonchev–Trinajstić information content (AvgIpc) is 2.33. The topological polar surface area (TPSA) is 68.0 Å². The van der Waals surface area contributed by atoms with E-state index in [1.807, 2.05) is 18.2 Å². The van der Waals surface area contributed by atoms with Gasteiger partial charge >= 0.3 is 0 Å². The molecular formula is C12H11N3O. The van der Waals surface area contributed by atoms with Crippen LogP contribution >= 0.6 is 0 Å². The molecule has 0 aliphatic heterocycles. The number of amides is 1. The fraction of sp³-hybridized carbons (Fsp3) is 0. The molecule has 0 radical (unpaired) electrons. The molecule has 0 aliphatic carbocycles. The fourth-order valence-corrected chi connectivity index (χ4v) is 1.26. The molecule has 4 heteroatoms. The molecule has 0 spiro atoms. The Bertz CT molecular complexity index is 479. The normalized spacial score (nSPS) is 9.75. The van der Waals surface area contributed by atoms with E-state index in [1.165, 1.54) is 6.20 Å². The maximum Gasteiger partial charge on any atom is 0.256 e. The lowest BCUT2D eigenvalue weighted by Gasteiger charge is -2.03. The fourth-order valence-electron chi connectivity index (χ4n) is 1.26. The molecule has 0 fully saturated rings. The van der Waals surface area contributed by atoms with E-state index < -0.39 is 0 Å². The van der Waals surface area contributed by atoms with E-state index in [0.29, 0.717) is 17.1 Å². The summed E-state index contributed by atoms with van der Waals surface area (Å²) >= 11 is 0. The number of carbonyl (C=O) groups is 1. The predicted molar refractivity (Wildman–Crippen MR) is 63.0 cm³/mol. The van der Waals surface area contributed by atoms with Gasteiger partial charge < -0.3 is 11.1 Å². The number of pyridine rings is 1. The molecule has 1 amide bonds. The quantitative estimate of drug-likeness (QED) is 0.800. The Morgan fingerprint density at radius 3 is 2.50 bits per heavy atom. The van der Waals surface area contributed by atoms with Gasteiger partial charge in [-0.05, 0) is 24.3 Å². The molecule has 1 aromatic carbocycles. The van der Waals surface area contributed by atoms with Crippen LogP contribution in [-0.4, -0.2) is 10.9 Å². The number of benzene rings is 1. The van der Waals surface area contributed by atoms with Crippen molar-refractivity contribution in [1.29, 1.82) is 0 Å². The van der Waals surface area contributed by atoms with Crippen molar-refractivity contribution in [2.45, 2.75) is 0 Å². The Balaban J connectivity index is 2.11. The Hall–Kier alpha value is -2.36. The molecule has 80 valence electrons. The number of nitrogen functional groups attached to an aromatic ring is 1. The lowest BCUT2D eigenvalue weighted by atomic mass is 10.2. The highest BCUT2D eigenvalue weighted by atomic mass is 16.1. The summed E-state index contributed by atoms with van der Waals surface area (Å²) in [5.74, 6) is 0.306. The molecule has 0 atom stereocenters. The van der Waals surface area contributed by atoms with Crippen LogP contribution in [0.4, 0.5) is 11.5 Å². The number of hydrogen-bond acceptors (Lipinski definition) is 3. The first kappa shape index (κ1) is 10.2. The van der Waals surface area contributed by atoms with Gasteiger partial charge in [-0.3, -0.25) is 4.79 Å². The van der Waals surface area contributed by atoms with Crippen molar-refractivity contribution in [3.05, 3.63) is 54.2 Å². The van der Waals surface area contributed by atoms with Crippen LogP contribution in [0, 0.1) is 0 Å². The molecule has 0 saturated carbocycles. The van der Waals surface area contributed by atoms with Gasteiger partial charge in [-0.2, -0.15) is 0 Å². The molecule has 3 N–H and O–H groups in total. The molecule has 1 heterocycles. The van der Waals surface area contributed by atoms with Crippen molar-refractivity contribution in [3.63, 3.8) is 0 Å². The van der Waals surface area contributed by atoms with Crippen LogP contribution in [0.2, 0.25) is 0 Å². The summed E-state index contributed by atoms with van der Waals surface area (Å²) in [6, 6.07) is 12.3. The summed E-state index contributed by atoms with van der Waals surface area (Å²) in [7, 11) is 0. The summed E-state index contributed by atoms with van der Waals surface area (Å²) in [6.45, 7) is 0. The minimum Gasteiger partial charge on any atom is -0.397 e. The maximum absolute atomic E-state index is 11.7. The lowest BCUT2D eigenvalue weighted by Crippen LogP contribution is -2.12. The standard InChI is InChI=1S/C12H11N3O/c13-10-6-7-11(14-8-10)15-12(16)9-4-2-1-3-5-9/h1-8H,13H2,(H,14,15,16). The first-order valence-corrected chi connectivity index (χ1v) is 4.83. The minimum atomic E-state index is -0.183.